The lowest BCUT2D eigenvalue weighted by molar-refractivity contribution is 0.0198. The average Bonchev–Trinajstić information content (AvgIpc) is 3.02. The first kappa shape index (κ1) is 19.0. The Morgan fingerprint density at radius 1 is 1.38 bits per heavy atom. The van der Waals surface area contributed by atoms with Crippen molar-refractivity contribution in [3.8, 4) is 0 Å². The fraction of sp³-hybridized carbons (Fsp3) is 0.611. The van der Waals surface area contributed by atoms with Crippen molar-refractivity contribution >= 4 is 23.4 Å². The number of hydrogen-bond acceptors (Lipinski definition) is 6. The van der Waals surface area contributed by atoms with Crippen molar-refractivity contribution in [2.45, 2.75) is 56.8 Å². The highest BCUT2D eigenvalue weighted by Crippen LogP contribution is 2.23. The summed E-state index contributed by atoms with van der Waals surface area (Å²) in [5, 5.41) is 8.88. The van der Waals surface area contributed by atoms with Crippen LogP contribution in [0.4, 0.5) is 4.79 Å². The third kappa shape index (κ3) is 4.48. The normalized spacial score (nSPS) is 16.2. The molecule has 2 aromatic rings. The molecule has 0 aliphatic carbocycles. The van der Waals surface area contributed by atoms with Crippen LogP contribution in [0.5, 0.6) is 0 Å². The summed E-state index contributed by atoms with van der Waals surface area (Å²) < 4.78 is 7.33. The highest BCUT2D eigenvalue weighted by atomic mass is 32.2. The molecule has 0 spiro atoms. The predicted octanol–water partition coefficient (Wildman–Crippen LogP) is 2.94. The zero-order valence-corrected chi connectivity index (χ0v) is 16.7. The van der Waals surface area contributed by atoms with Gasteiger partial charge in [0.25, 0.3) is 0 Å². The second kappa shape index (κ2) is 7.84. The van der Waals surface area contributed by atoms with E-state index < -0.39 is 5.60 Å². The Balaban J connectivity index is 1.54. The minimum absolute atomic E-state index is 0.212. The number of ether oxygens (including phenoxy) is 1. The van der Waals surface area contributed by atoms with Crippen LogP contribution in [0.2, 0.25) is 0 Å². The maximum atomic E-state index is 12.1. The number of hydrogen-bond donors (Lipinski definition) is 1. The summed E-state index contributed by atoms with van der Waals surface area (Å²) in [7, 11) is 0. The van der Waals surface area contributed by atoms with Gasteiger partial charge in [0, 0.05) is 31.9 Å². The molecule has 7 nitrogen and oxygen atoms in total. The molecule has 1 aliphatic rings. The van der Waals surface area contributed by atoms with E-state index in [1.165, 1.54) is 5.56 Å². The monoisotopic (exact) mass is 377 g/mol. The molecule has 1 amide bonds. The molecule has 8 heteroatoms. The van der Waals surface area contributed by atoms with Gasteiger partial charge in [0.1, 0.15) is 22.5 Å². The first-order valence-electron chi connectivity index (χ1n) is 8.94. The van der Waals surface area contributed by atoms with Crippen LogP contribution in [0.25, 0.3) is 5.52 Å². The van der Waals surface area contributed by atoms with E-state index in [9.17, 15) is 4.79 Å². The summed E-state index contributed by atoms with van der Waals surface area (Å²) in [6, 6.07) is 2.48. The van der Waals surface area contributed by atoms with Crippen LogP contribution in [0, 0.1) is 0 Å². The zero-order valence-electron chi connectivity index (χ0n) is 15.9. The Morgan fingerprint density at radius 2 is 2.12 bits per heavy atom. The summed E-state index contributed by atoms with van der Waals surface area (Å²) >= 11 is 1.63. The van der Waals surface area contributed by atoms with Crippen molar-refractivity contribution in [3.63, 3.8) is 0 Å². The molecule has 2 aromatic heterocycles. The van der Waals surface area contributed by atoms with Crippen LogP contribution >= 0.6 is 11.8 Å². The van der Waals surface area contributed by atoms with Gasteiger partial charge in [0.05, 0.1) is 0 Å². The Bertz CT molecular complexity index is 763. The first-order valence-corrected chi connectivity index (χ1v) is 10.2. The number of piperidine rings is 1. The van der Waals surface area contributed by atoms with E-state index in [0.29, 0.717) is 6.04 Å². The number of carbonyl (C=O) groups excluding carboxylic acids is 1. The highest BCUT2D eigenvalue weighted by Gasteiger charge is 2.26. The molecule has 3 rings (SSSR count). The van der Waals surface area contributed by atoms with Gasteiger partial charge in [-0.05, 0) is 51.5 Å². The Hall–Kier alpha value is -1.80. The van der Waals surface area contributed by atoms with Gasteiger partial charge in [-0.15, -0.1) is 11.8 Å². The maximum absolute atomic E-state index is 12.1. The topological polar surface area (TPSA) is 71.8 Å². The van der Waals surface area contributed by atoms with Crippen molar-refractivity contribution in [3.05, 3.63) is 24.2 Å². The van der Waals surface area contributed by atoms with Gasteiger partial charge in [0.2, 0.25) is 0 Å². The number of likely N-dealkylation sites (tertiary alicyclic amines) is 1. The van der Waals surface area contributed by atoms with Crippen molar-refractivity contribution < 1.29 is 9.53 Å². The van der Waals surface area contributed by atoms with Crippen LogP contribution in [0.15, 0.2) is 23.6 Å². The second-order valence-corrected chi connectivity index (χ2v) is 8.32. The van der Waals surface area contributed by atoms with Crippen molar-refractivity contribution in [1.82, 2.24) is 24.8 Å². The molecule has 1 fully saturated rings. The zero-order chi connectivity index (χ0) is 18.7. The molecule has 0 saturated carbocycles. The van der Waals surface area contributed by atoms with Crippen LogP contribution < -0.4 is 5.32 Å². The van der Waals surface area contributed by atoms with E-state index >= 15 is 0 Å². The molecule has 26 heavy (non-hydrogen) atoms. The van der Waals surface area contributed by atoms with E-state index in [1.807, 2.05) is 37.7 Å². The Labute approximate surface area is 158 Å². The minimum Gasteiger partial charge on any atom is -0.444 e. The summed E-state index contributed by atoms with van der Waals surface area (Å²) in [4.78, 5) is 18.3. The second-order valence-electron chi connectivity index (χ2n) is 7.53. The number of fused-ring (bicyclic) bond motifs is 1. The number of nitrogens with zero attached hydrogens (tertiary/aromatic N) is 4. The number of rotatable bonds is 4. The number of amides is 1. The van der Waals surface area contributed by atoms with Gasteiger partial charge in [-0.25, -0.2) is 14.3 Å². The summed E-state index contributed by atoms with van der Waals surface area (Å²) in [6.07, 6.45) is 7.23. The Kier molecular flexibility index (Phi) is 5.72. The first-order chi connectivity index (χ1) is 12.4. The van der Waals surface area contributed by atoms with Crippen LogP contribution in [-0.4, -0.2) is 56.6 Å². The van der Waals surface area contributed by atoms with Gasteiger partial charge in [-0.1, -0.05) is 0 Å². The fourth-order valence-electron chi connectivity index (χ4n) is 3.13. The molecular weight excluding hydrogens is 350 g/mol. The molecule has 0 radical (unpaired) electrons. The van der Waals surface area contributed by atoms with E-state index in [0.717, 1.165) is 43.0 Å². The predicted molar refractivity (Wildman–Crippen MR) is 102 cm³/mol. The largest absolute Gasteiger partial charge is 0.444 e. The minimum atomic E-state index is -0.445. The lowest BCUT2D eigenvalue weighted by Crippen LogP contribution is -2.46. The van der Waals surface area contributed by atoms with E-state index in [-0.39, 0.29) is 6.09 Å². The van der Waals surface area contributed by atoms with Crippen molar-refractivity contribution in [2.24, 2.45) is 0 Å². The summed E-state index contributed by atoms with van der Waals surface area (Å²) in [6.45, 7) is 7.91. The van der Waals surface area contributed by atoms with Crippen LogP contribution in [0.3, 0.4) is 0 Å². The summed E-state index contributed by atoms with van der Waals surface area (Å²) in [5.41, 5.74) is 1.82. The van der Waals surface area contributed by atoms with Gasteiger partial charge < -0.3 is 15.0 Å². The van der Waals surface area contributed by atoms with E-state index in [4.69, 9.17) is 4.74 Å². The molecule has 1 N–H and O–H groups in total. The number of nitrogens with one attached hydrogen (secondary N) is 1. The molecule has 0 atom stereocenters. The third-order valence-corrected chi connectivity index (χ3v) is 5.11. The molecule has 3 heterocycles. The third-order valence-electron chi connectivity index (χ3n) is 4.42. The SMILES string of the molecule is CSc1ncnn2ccc(CNC3CCN(C(=O)OC(C)(C)C)CC3)c12. The quantitative estimate of drug-likeness (QED) is 0.826. The lowest BCUT2D eigenvalue weighted by atomic mass is 10.1. The molecular formula is C18H27N5O2S. The maximum Gasteiger partial charge on any atom is 0.410 e. The van der Waals surface area contributed by atoms with Gasteiger partial charge in [-0.2, -0.15) is 5.10 Å². The Morgan fingerprint density at radius 3 is 2.77 bits per heavy atom. The van der Waals surface area contributed by atoms with E-state index in [2.05, 4.69) is 21.5 Å². The molecule has 0 unspecified atom stereocenters. The lowest BCUT2D eigenvalue weighted by Gasteiger charge is -2.33. The summed E-state index contributed by atoms with van der Waals surface area (Å²) in [5.74, 6) is 0. The average molecular weight is 378 g/mol. The number of carbonyl (C=O) groups is 1. The molecule has 142 valence electrons. The molecule has 1 saturated heterocycles. The van der Waals surface area contributed by atoms with Gasteiger partial charge in [-0.3, -0.25) is 0 Å². The fourth-order valence-corrected chi connectivity index (χ4v) is 3.70. The molecule has 0 bridgehead atoms. The highest BCUT2D eigenvalue weighted by molar-refractivity contribution is 7.98. The molecule has 1 aliphatic heterocycles. The van der Waals surface area contributed by atoms with Crippen LogP contribution in [0.1, 0.15) is 39.2 Å². The van der Waals surface area contributed by atoms with Gasteiger partial charge in [0.15, 0.2) is 0 Å². The standard InChI is InChI=1S/C18H27N5O2S/c1-18(2,3)25-17(24)22-8-6-14(7-9-22)19-11-13-5-10-23-15(13)16(26-4)20-12-21-23/h5,10,12,14,19H,6-9,11H2,1-4H3. The number of thioether (sulfide) groups is 1. The van der Waals surface area contributed by atoms with E-state index in [1.54, 1.807) is 23.0 Å². The van der Waals surface area contributed by atoms with Gasteiger partial charge >= 0.3 is 6.09 Å². The molecule has 0 aromatic carbocycles. The van der Waals surface area contributed by atoms with Crippen LogP contribution in [-0.2, 0) is 11.3 Å². The van der Waals surface area contributed by atoms with Crippen molar-refractivity contribution in [1.29, 1.82) is 0 Å². The van der Waals surface area contributed by atoms with Crippen molar-refractivity contribution in [2.75, 3.05) is 19.3 Å². The number of aromatic nitrogens is 3. The smallest absolute Gasteiger partial charge is 0.410 e.